The molecule has 9 heteroatoms. The van der Waals surface area contributed by atoms with E-state index in [1.54, 1.807) is 36.9 Å². The number of amides is 1. The van der Waals surface area contributed by atoms with E-state index in [-0.39, 0.29) is 11.9 Å². The largest absolute Gasteiger partial charge is 0.465 e. The number of ether oxygens (including phenoxy) is 1. The van der Waals surface area contributed by atoms with Gasteiger partial charge < -0.3 is 14.2 Å². The number of fused-ring (bicyclic) bond motifs is 1. The third-order valence-corrected chi connectivity index (χ3v) is 5.89. The zero-order valence-corrected chi connectivity index (χ0v) is 19.1. The summed E-state index contributed by atoms with van der Waals surface area (Å²) in [6, 6.07) is 8.44. The molecule has 2 aromatic heterocycles. The molecule has 32 heavy (non-hydrogen) atoms. The fourth-order valence-corrected chi connectivity index (χ4v) is 4.23. The molecule has 0 radical (unpaired) electrons. The Labute approximate surface area is 191 Å². The highest BCUT2D eigenvalue weighted by molar-refractivity contribution is 6.30. The minimum absolute atomic E-state index is 0.0920. The summed E-state index contributed by atoms with van der Waals surface area (Å²) in [5.41, 5.74) is 3.06. The van der Waals surface area contributed by atoms with Gasteiger partial charge in [-0.05, 0) is 44.5 Å². The van der Waals surface area contributed by atoms with Gasteiger partial charge in [0.25, 0.3) is 11.6 Å². The lowest BCUT2D eigenvalue weighted by Gasteiger charge is -2.38. The molecule has 1 aliphatic heterocycles. The van der Waals surface area contributed by atoms with E-state index in [1.807, 2.05) is 24.0 Å². The van der Waals surface area contributed by atoms with Crippen molar-refractivity contribution >= 4 is 34.6 Å². The van der Waals surface area contributed by atoms with Crippen LogP contribution in [0.2, 0.25) is 5.02 Å². The molecule has 0 bridgehead atoms. The molecule has 1 fully saturated rings. The molecule has 0 unspecified atom stereocenters. The number of rotatable bonds is 5. The summed E-state index contributed by atoms with van der Waals surface area (Å²) in [6.45, 7) is 7.75. The monoisotopic (exact) mass is 456 g/mol. The van der Waals surface area contributed by atoms with Crippen LogP contribution >= 0.6 is 11.6 Å². The summed E-state index contributed by atoms with van der Waals surface area (Å²) in [6.07, 6.45) is 0. The van der Waals surface area contributed by atoms with E-state index >= 15 is 0 Å². The van der Waals surface area contributed by atoms with Gasteiger partial charge in [0.15, 0.2) is 0 Å². The van der Waals surface area contributed by atoms with Crippen molar-refractivity contribution in [1.82, 2.24) is 19.9 Å². The van der Waals surface area contributed by atoms with Crippen LogP contribution in [-0.4, -0.2) is 64.6 Å². The molecule has 1 aromatic carbocycles. The first-order valence-electron chi connectivity index (χ1n) is 10.6. The number of hydrogen-bond acceptors (Lipinski definition) is 7. The lowest BCUT2D eigenvalue weighted by Crippen LogP contribution is -2.51. The fourth-order valence-electron chi connectivity index (χ4n) is 4.10. The predicted molar refractivity (Wildman–Crippen MR) is 120 cm³/mol. The van der Waals surface area contributed by atoms with Crippen molar-refractivity contribution in [2.24, 2.45) is 0 Å². The SMILES string of the molecule is CCOC(=O)[C@H](c1ccc(Cl)cc1)N1CCN(C(=O)c2cc(C)nc3onc(C)c23)CC1. The van der Waals surface area contributed by atoms with Gasteiger partial charge in [0, 0.05) is 36.9 Å². The number of esters is 1. The Morgan fingerprint density at radius 2 is 1.84 bits per heavy atom. The maximum atomic E-state index is 13.3. The zero-order chi connectivity index (χ0) is 22.8. The van der Waals surface area contributed by atoms with Crippen molar-refractivity contribution in [1.29, 1.82) is 0 Å². The van der Waals surface area contributed by atoms with Gasteiger partial charge in [0.05, 0.1) is 23.3 Å². The maximum Gasteiger partial charge on any atom is 0.328 e. The molecule has 4 rings (SSSR count). The van der Waals surface area contributed by atoms with E-state index in [0.29, 0.717) is 65.9 Å². The smallest absolute Gasteiger partial charge is 0.328 e. The van der Waals surface area contributed by atoms with E-state index < -0.39 is 6.04 Å². The van der Waals surface area contributed by atoms with Crippen molar-refractivity contribution in [3.63, 3.8) is 0 Å². The van der Waals surface area contributed by atoms with Gasteiger partial charge >= 0.3 is 5.97 Å². The van der Waals surface area contributed by atoms with Crippen molar-refractivity contribution in [2.45, 2.75) is 26.8 Å². The third-order valence-electron chi connectivity index (χ3n) is 5.64. The van der Waals surface area contributed by atoms with Crippen LogP contribution < -0.4 is 0 Å². The number of hydrogen-bond donors (Lipinski definition) is 0. The highest BCUT2D eigenvalue weighted by atomic mass is 35.5. The quantitative estimate of drug-likeness (QED) is 0.542. The first-order valence-corrected chi connectivity index (χ1v) is 11.0. The Hall–Kier alpha value is -2.97. The number of halogens is 1. The summed E-state index contributed by atoms with van der Waals surface area (Å²) in [5.74, 6) is -0.396. The summed E-state index contributed by atoms with van der Waals surface area (Å²) >= 11 is 6.02. The molecule has 1 atom stereocenters. The normalized spacial score (nSPS) is 15.7. The summed E-state index contributed by atoms with van der Waals surface area (Å²) in [5, 5.41) is 5.21. The number of carbonyl (C=O) groups is 2. The van der Waals surface area contributed by atoms with E-state index in [4.69, 9.17) is 20.9 Å². The molecule has 1 aliphatic rings. The van der Waals surface area contributed by atoms with Gasteiger partial charge in [0.1, 0.15) is 6.04 Å². The molecule has 3 heterocycles. The van der Waals surface area contributed by atoms with Gasteiger partial charge in [0.2, 0.25) is 0 Å². The number of aryl methyl sites for hydroxylation is 2. The standard InChI is InChI=1S/C23H25ClN4O4/c1-4-31-23(30)20(16-5-7-17(24)8-6-16)27-9-11-28(12-10-27)22(29)18-13-14(2)25-21-19(18)15(3)26-32-21/h5-8,13,20H,4,9-12H2,1-3H3/t20-/m0/s1. The summed E-state index contributed by atoms with van der Waals surface area (Å²) in [7, 11) is 0. The van der Waals surface area contributed by atoms with Crippen LogP contribution in [0.15, 0.2) is 34.9 Å². The molecule has 0 spiro atoms. The van der Waals surface area contributed by atoms with Crippen LogP contribution in [0.1, 0.15) is 40.3 Å². The van der Waals surface area contributed by atoms with Crippen LogP contribution in [0, 0.1) is 13.8 Å². The minimum Gasteiger partial charge on any atom is -0.465 e. The molecular weight excluding hydrogens is 432 g/mol. The molecule has 1 amide bonds. The molecular formula is C23H25ClN4O4. The van der Waals surface area contributed by atoms with Gasteiger partial charge in [-0.3, -0.25) is 9.69 Å². The second-order valence-electron chi connectivity index (χ2n) is 7.79. The minimum atomic E-state index is -0.542. The van der Waals surface area contributed by atoms with Crippen LogP contribution in [0.25, 0.3) is 11.1 Å². The molecule has 3 aromatic rings. The van der Waals surface area contributed by atoms with Crippen LogP contribution in [0.4, 0.5) is 0 Å². The first kappa shape index (κ1) is 22.2. The highest BCUT2D eigenvalue weighted by Crippen LogP contribution is 2.27. The molecule has 0 saturated carbocycles. The van der Waals surface area contributed by atoms with Gasteiger partial charge in [-0.25, -0.2) is 9.78 Å². The van der Waals surface area contributed by atoms with Crippen LogP contribution in [-0.2, 0) is 9.53 Å². The van der Waals surface area contributed by atoms with E-state index in [0.717, 1.165) is 5.56 Å². The Kier molecular flexibility index (Phi) is 6.43. The van der Waals surface area contributed by atoms with Crippen LogP contribution in [0.3, 0.4) is 0 Å². The number of pyridine rings is 1. The lowest BCUT2D eigenvalue weighted by atomic mass is 10.0. The fraction of sp³-hybridized carbons (Fsp3) is 0.391. The second kappa shape index (κ2) is 9.26. The molecule has 1 saturated heterocycles. The van der Waals surface area contributed by atoms with E-state index in [1.165, 1.54) is 0 Å². The van der Waals surface area contributed by atoms with Gasteiger partial charge in [-0.15, -0.1) is 0 Å². The number of aromatic nitrogens is 2. The van der Waals surface area contributed by atoms with E-state index in [2.05, 4.69) is 10.1 Å². The van der Waals surface area contributed by atoms with Crippen molar-refractivity contribution in [3.8, 4) is 0 Å². The summed E-state index contributed by atoms with van der Waals surface area (Å²) < 4.78 is 10.6. The Balaban J connectivity index is 1.54. The zero-order valence-electron chi connectivity index (χ0n) is 18.3. The highest BCUT2D eigenvalue weighted by Gasteiger charge is 2.33. The van der Waals surface area contributed by atoms with Gasteiger partial charge in [-0.2, -0.15) is 0 Å². The summed E-state index contributed by atoms with van der Waals surface area (Å²) in [4.78, 5) is 34.3. The van der Waals surface area contributed by atoms with Crippen molar-refractivity contribution < 1.29 is 18.8 Å². The Morgan fingerprint density at radius 3 is 2.50 bits per heavy atom. The number of benzene rings is 1. The average molecular weight is 457 g/mol. The second-order valence-corrected chi connectivity index (χ2v) is 8.23. The predicted octanol–water partition coefficient (Wildman–Crippen LogP) is 3.56. The molecule has 0 N–H and O–H groups in total. The number of carbonyl (C=O) groups excluding carboxylic acids is 2. The lowest BCUT2D eigenvalue weighted by molar-refractivity contribution is -0.150. The molecule has 0 aliphatic carbocycles. The average Bonchev–Trinajstić information content (AvgIpc) is 3.15. The molecule has 8 nitrogen and oxygen atoms in total. The van der Waals surface area contributed by atoms with Gasteiger partial charge in [-0.1, -0.05) is 28.9 Å². The topological polar surface area (TPSA) is 88.8 Å². The van der Waals surface area contributed by atoms with Crippen molar-refractivity contribution in [3.05, 3.63) is 57.9 Å². The maximum absolute atomic E-state index is 13.3. The van der Waals surface area contributed by atoms with E-state index in [9.17, 15) is 9.59 Å². The van der Waals surface area contributed by atoms with Crippen molar-refractivity contribution in [2.75, 3.05) is 32.8 Å². The molecule has 168 valence electrons. The first-order chi connectivity index (χ1) is 15.4. The third kappa shape index (κ3) is 4.33. The Morgan fingerprint density at radius 1 is 1.16 bits per heavy atom. The number of nitrogens with zero attached hydrogens (tertiary/aromatic N) is 4. The number of piperazine rings is 1. The Bertz CT molecular complexity index is 1140. The van der Waals surface area contributed by atoms with Crippen LogP contribution in [0.5, 0.6) is 0 Å².